The van der Waals surface area contributed by atoms with Crippen LogP contribution in [0.5, 0.6) is 0 Å². The van der Waals surface area contributed by atoms with Crippen molar-refractivity contribution in [1.29, 1.82) is 0 Å². The first-order valence-electron chi connectivity index (χ1n) is 6.03. The maximum Gasteiger partial charge on any atom is 0.243 e. The van der Waals surface area contributed by atoms with Crippen molar-refractivity contribution in [3.8, 4) is 0 Å². The Balaban J connectivity index is 2.26. The Kier molecular flexibility index (Phi) is 6.56. The van der Waals surface area contributed by atoms with Gasteiger partial charge in [-0.1, -0.05) is 13.0 Å². The van der Waals surface area contributed by atoms with Gasteiger partial charge < -0.3 is 21.1 Å². The number of nitrogens with one attached hydrogen (secondary N) is 2. The highest BCUT2D eigenvalue weighted by molar-refractivity contribution is 5.74. The van der Waals surface area contributed by atoms with Crippen LogP contribution in [-0.4, -0.2) is 37.2 Å². The Morgan fingerprint density at radius 1 is 1.33 bits per heavy atom. The van der Waals surface area contributed by atoms with E-state index in [9.17, 15) is 4.79 Å². The largest absolute Gasteiger partial charge is 0.370 e. The fraction of sp³-hybridized carbons (Fsp3) is 0.500. The molecule has 0 fully saturated rings. The summed E-state index contributed by atoms with van der Waals surface area (Å²) in [7, 11) is 0. The van der Waals surface area contributed by atoms with Crippen LogP contribution in [0.4, 0.5) is 11.6 Å². The zero-order chi connectivity index (χ0) is 13.2. The molecule has 1 aromatic rings. The number of anilines is 2. The average molecular weight is 252 g/mol. The minimum Gasteiger partial charge on any atom is -0.370 e. The standard InChI is InChI=1S/C12H20N4O2/c1-2-6-14-11-4-3-5-12(16-11)15-7-8-18-9-10(13)17/h3-5H,2,6-9H2,1H3,(H2,13,17)(H2,14,15,16). The van der Waals surface area contributed by atoms with E-state index in [1.807, 2.05) is 18.2 Å². The van der Waals surface area contributed by atoms with Crippen LogP contribution in [0, 0.1) is 0 Å². The van der Waals surface area contributed by atoms with Gasteiger partial charge in [0, 0.05) is 13.1 Å². The van der Waals surface area contributed by atoms with Gasteiger partial charge in [-0.05, 0) is 18.6 Å². The van der Waals surface area contributed by atoms with Gasteiger partial charge in [0.25, 0.3) is 0 Å². The van der Waals surface area contributed by atoms with Crippen molar-refractivity contribution in [3.05, 3.63) is 18.2 Å². The van der Waals surface area contributed by atoms with Gasteiger partial charge in [-0.3, -0.25) is 4.79 Å². The molecule has 0 spiro atoms. The predicted molar refractivity (Wildman–Crippen MR) is 71.5 cm³/mol. The molecule has 0 unspecified atom stereocenters. The van der Waals surface area contributed by atoms with E-state index in [1.54, 1.807) is 0 Å². The lowest BCUT2D eigenvalue weighted by molar-refractivity contribution is -0.122. The van der Waals surface area contributed by atoms with Crippen molar-refractivity contribution in [3.63, 3.8) is 0 Å². The number of ether oxygens (including phenoxy) is 1. The summed E-state index contributed by atoms with van der Waals surface area (Å²) in [5.74, 6) is 1.16. The van der Waals surface area contributed by atoms with Gasteiger partial charge in [0.05, 0.1) is 6.61 Å². The minimum atomic E-state index is -0.459. The van der Waals surface area contributed by atoms with Crippen LogP contribution in [0.3, 0.4) is 0 Å². The Hall–Kier alpha value is -1.82. The molecule has 18 heavy (non-hydrogen) atoms. The van der Waals surface area contributed by atoms with Crippen molar-refractivity contribution in [2.75, 3.05) is 36.9 Å². The lowest BCUT2D eigenvalue weighted by Crippen LogP contribution is -2.20. The molecular weight excluding hydrogens is 232 g/mol. The number of nitrogens with two attached hydrogens (primary N) is 1. The number of carbonyl (C=O) groups excluding carboxylic acids is 1. The molecule has 1 amide bonds. The van der Waals surface area contributed by atoms with E-state index in [0.29, 0.717) is 13.2 Å². The van der Waals surface area contributed by atoms with E-state index in [2.05, 4.69) is 22.5 Å². The molecular formula is C12H20N4O2. The number of aromatic nitrogens is 1. The molecule has 1 rings (SSSR count). The van der Waals surface area contributed by atoms with E-state index >= 15 is 0 Å². The Morgan fingerprint density at radius 2 is 2.00 bits per heavy atom. The molecule has 1 aromatic heterocycles. The van der Waals surface area contributed by atoms with E-state index in [-0.39, 0.29) is 6.61 Å². The quantitative estimate of drug-likeness (QED) is 0.566. The topological polar surface area (TPSA) is 89.3 Å². The third-order valence-corrected chi connectivity index (χ3v) is 2.10. The molecule has 0 radical (unpaired) electrons. The summed E-state index contributed by atoms with van der Waals surface area (Å²) >= 11 is 0. The van der Waals surface area contributed by atoms with Crippen molar-refractivity contribution in [1.82, 2.24) is 4.98 Å². The van der Waals surface area contributed by atoms with Gasteiger partial charge in [-0.15, -0.1) is 0 Å². The van der Waals surface area contributed by atoms with Gasteiger partial charge in [-0.25, -0.2) is 4.98 Å². The summed E-state index contributed by atoms with van der Waals surface area (Å²) in [6.07, 6.45) is 1.06. The summed E-state index contributed by atoms with van der Waals surface area (Å²) in [5.41, 5.74) is 4.95. The van der Waals surface area contributed by atoms with Crippen LogP contribution in [0.15, 0.2) is 18.2 Å². The molecule has 6 nitrogen and oxygen atoms in total. The lowest BCUT2D eigenvalue weighted by atomic mass is 10.4. The number of amides is 1. The number of hydrogen-bond donors (Lipinski definition) is 3. The molecule has 0 bridgehead atoms. The molecule has 100 valence electrons. The second-order valence-electron chi connectivity index (χ2n) is 3.78. The van der Waals surface area contributed by atoms with Crippen LogP contribution in [0.2, 0.25) is 0 Å². The average Bonchev–Trinajstić information content (AvgIpc) is 2.36. The molecule has 0 saturated heterocycles. The molecule has 0 aromatic carbocycles. The van der Waals surface area contributed by atoms with E-state index in [0.717, 1.165) is 24.6 Å². The fourth-order valence-corrected chi connectivity index (χ4v) is 1.31. The van der Waals surface area contributed by atoms with Crippen LogP contribution in [0.25, 0.3) is 0 Å². The van der Waals surface area contributed by atoms with Crippen LogP contribution in [-0.2, 0) is 9.53 Å². The number of hydrogen-bond acceptors (Lipinski definition) is 5. The van der Waals surface area contributed by atoms with E-state index in [4.69, 9.17) is 10.5 Å². The molecule has 0 saturated carbocycles. The first kappa shape index (κ1) is 14.2. The Bertz CT molecular complexity index is 371. The zero-order valence-electron chi connectivity index (χ0n) is 10.6. The van der Waals surface area contributed by atoms with Gasteiger partial charge in [0.1, 0.15) is 18.2 Å². The SMILES string of the molecule is CCCNc1cccc(NCCOCC(N)=O)n1. The number of nitrogens with zero attached hydrogens (tertiary/aromatic N) is 1. The number of primary amides is 1. The van der Waals surface area contributed by atoms with Gasteiger partial charge in [-0.2, -0.15) is 0 Å². The van der Waals surface area contributed by atoms with Gasteiger partial charge in [0.2, 0.25) is 5.91 Å². The molecule has 0 atom stereocenters. The third kappa shape index (κ3) is 6.05. The highest BCUT2D eigenvalue weighted by atomic mass is 16.5. The minimum absolute atomic E-state index is 0.0484. The van der Waals surface area contributed by atoms with Crippen LogP contribution >= 0.6 is 0 Å². The highest BCUT2D eigenvalue weighted by Gasteiger charge is 1.97. The van der Waals surface area contributed by atoms with Crippen LogP contribution in [0.1, 0.15) is 13.3 Å². The number of rotatable bonds is 9. The maximum absolute atomic E-state index is 10.4. The summed E-state index contributed by atoms with van der Waals surface area (Å²) in [6.45, 7) is 3.95. The maximum atomic E-state index is 10.4. The van der Waals surface area contributed by atoms with Gasteiger partial charge in [0.15, 0.2) is 0 Å². The Labute approximate surface area is 107 Å². The molecule has 1 heterocycles. The van der Waals surface area contributed by atoms with E-state index < -0.39 is 5.91 Å². The fourth-order valence-electron chi connectivity index (χ4n) is 1.31. The van der Waals surface area contributed by atoms with Crippen molar-refractivity contribution < 1.29 is 9.53 Å². The van der Waals surface area contributed by atoms with Gasteiger partial charge >= 0.3 is 0 Å². The second kappa shape index (κ2) is 8.30. The number of carbonyl (C=O) groups is 1. The lowest BCUT2D eigenvalue weighted by Gasteiger charge is -2.08. The van der Waals surface area contributed by atoms with Crippen molar-refractivity contribution in [2.24, 2.45) is 5.73 Å². The van der Waals surface area contributed by atoms with Crippen molar-refractivity contribution >= 4 is 17.5 Å². The third-order valence-electron chi connectivity index (χ3n) is 2.10. The summed E-state index contributed by atoms with van der Waals surface area (Å²) in [5, 5.41) is 6.31. The summed E-state index contributed by atoms with van der Waals surface area (Å²) in [4.78, 5) is 14.8. The summed E-state index contributed by atoms with van der Waals surface area (Å²) in [6, 6.07) is 5.73. The molecule has 4 N–H and O–H groups in total. The first-order valence-corrected chi connectivity index (χ1v) is 6.03. The van der Waals surface area contributed by atoms with E-state index in [1.165, 1.54) is 0 Å². The number of pyridine rings is 1. The zero-order valence-corrected chi connectivity index (χ0v) is 10.6. The highest BCUT2D eigenvalue weighted by Crippen LogP contribution is 2.08. The predicted octanol–water partition coefficient (Wildman–Crippen LogP) is 0.817. The normalized spacial score (nSPS) is 10.1. The molecule has 6 heteroatoms. The van der Waals surface area contributed by atoms with Crippen molar-refractivity contribution in [2.45, 2.75) is 13.3 Å². The van der Waals surface area contributed by atoms with Crippen LogP contribution < -0.4 is 16.4 Å². The monoisotopic (exact) mass is 252 g/mol. The molecule has 0 aliphatic heterocycles. The first-order chi connectivity index (χ1) is 8.72. The summed E-state index contributed by atoms with van der Waals surface area (Å²) < 4.78 is 5.03. The molecule has 0 aliphatic carbocycles. The smallest absolute Gasteiger partial charge is 0.243 e. The molecule has 0 aliphatic rings. The Morgan fingerprint density at radius 3 is 2.61 bits per heavy atom. The second-order valence-corrected chi connectivity index (χ2v) is 3.78.